The average molecular weight is 209 g/mol. The van der Waals surface area contributed by atoms with Crippen LogP contribution in [-0.4, -0.2) is 19.5 Å². The lowest BCUT2D eigenvalue weighted by molar-refractivity contribution is 0.739. The fourth-order valence-electron chi connectivity index (χ4n) is 1.20. The lowest BCUT2D eigenvalue weighted by Crippen LogP contribution is -2.03. The summed E-state index contributed by atoms with van der Waals surface area (Å²) in [5.41, 5.74) is 0.881. The first-order chi connectivity index (χ1) is 6.75. The summed E-state index contributed by atoms with van der Waals surface area (Å²) in [5, 5.41) is 0.278. The molecule has 0 aliphatic carbocycles. The molecule has 0 saturated carbocycles. The zero-order valence-electron chi connectivity index (χ0n) is 7.68. The molecule has 72 valence electrons. The summed E-state index contributed by atoms with van der Waals surface area (Å²) < 4.78 is 2.00. The van der Waals surface area contributed by atoms with Crippen LogP contribution in [0.15, 0.2) is 24.7 Å². The van der Waals surface area contributed by atoms with Crippen LogP contribution in [0.4, 0.5) is 0 Å². The van der Waals surface area contributed by atoms with Gasteiger partial charge in [0.05, 0.1) is 12.2 Å². The second-order valence-corrected chi connectivity index (χ2v) is 3.26. The van der Waals surface area contributed by atoms with Gasteiger partial charge in [-0.05, 0) is 24.6 Å². The normalized spacial score (nSPS) is 10.4. The maximum absolute atomic E-state index is 5.68. The van der Waals surface area contributed by atoms with Crippen LogP contribution in [0, 0.1) is 6.92 Å². The number of hydrogen-bond acceptors (Lipinski definition) is 3. The Balaban J connectivity index is 2.23. The molecule has 2 heterocycles. The van der Waals surface area contributed by atoms with Crippen molar-refractivity contribution in [2.24, 2.45) is 0 Å². The highest BCUT2D eigenvalue weighted by molar-refractivity contribution is 6.28. The maximum atomic E-state index is 5.68. The van der Waals surface area contributed by atoms with E-state index in [-0.39, 0.29) is 5.28 Å². The van der Waals surface area contributed by atoms with E-state index < -0.39 is 0 Å². The summed E-state index contributed by atoms with van der Waals surface area (Å²) in [5.74, 6) is 0.958. The SMILES string of the molecule is Cc1nccn1Cc1ccnc(Cl)n1. The van der Waals surface area contributed by atoms with Crippen molar-refractivity contribution in [1.29, 1.82) is 0 Å². The Labute approximate surface area is 86.6 Å². The molecule has 14 heavy (non-hydrogen) atoms. The number of aryl methyl sites for hydroxylation is 1. The van der Waals surface area contributed by atoms with Crippen LogP contribution in [0.3, 0.4) is 0 Å². The second kappa shape index (κ2) is 3.75. The van der Waals surface area contributed by atoms with Crippen LogP contribution in [0.25, 0.3) is 0 Å². The number of nitrogens with zero attached hydrogens (tertiary/aromatic N) is 4. The first-order valence-corrected chi connectivity index (χ1v) is 4.58. The van der Waals surface area contributed by atoms with E-state index in [2.05, 4.69) is 15.0 Å². The summed E-state index contributed by atoms with van der Waals surface area (Å²) in [6.45, 7) is 2.62. The number of halogens is 1. The Bertz CT molecular complexity index is 438. The molecular weight excluding hydrogens is 200 g/mol. The van der Waals surface area contributed by atoms with Gasteiger partial charge in [0.2, 0.25) is 5.28 Å². The molecule has 0 aliphatic rings. The average Bonchev–Trinajstić information content (AvgIpc) is 2.52. The quantitative estimate of drug-likeness (QED) is 0.706. The summed E-state index contributed by atoms with van der Waals surface area (Å²) >= 11 is 5.68. The smallest absolute Gasteiger partial charge is 0.222 e. The molecule has 4 nitrogen and oxygen atoms in total. The molecule has 0 unspecified atom stereocenters. The lowest BCUT2D eigenvalue weighted by atomic mass is 10.4. The summed E-state index contributed by atoms with van der Waals surface area (Å²) in [6, 6.07) is 1.84. The molecule has 0 spiro atoms. The van der Waals surface area contributed by atoms with Crippen molar-refractivity contribution in [2.45, 2.75) is 13.5 Å². The summed E-state index contributed by atoms with van der Waals surface area (Å²) in [4.78, 5) is 12.0. The number of aromatic nitrogens is 4. The molecule has 0 amide bonds. The van der Waals surface area contributed by atoms with Crippen molar-refractivity contribution in [3.8, 4) is 0 Å². The van der Waals surface area contributed by atoms with Gasteiger partial charge < -0.3 is 4.57 Å². The maximum Gasteiger partial charge on any atom is 0.222 e. The van der Waals surface area contributed by atoms with Gasteiger partial charge in [0.1, 0.15) is 5.82 Å². The van der Waals surface area contributed by atoms with Gasteiger partial charge in [-0.15, -0.1) is 0 Å². The van der Waals surface area contributed by atoms with Crippen LogP contribution >= 0.6 is 11.6 Å². The molecule has 5 heteroatoms. The van der Waals surface area contributed by atoms with Crippen molar-refractivity contribution in [1.82, 2.24) is 19.5 Å². The summed E-state index contributed by atoms with van der Waals surface area (Å²) in [7, 11) is 0. The van der Waals surface area contributed by atoms with Crippen LogP contribution in [0.2, 0.25) is 5.28 Å². The van der Waals surface area contributed by atoms with E-state index >= 15 is 0 Å². The first kappa shape index (κ1) is 9.15. The van der Waals surface area contributed by atoms with E-state index in [0.717, 1.165) is 11.5 Å². The highest BCUT2D eigenvalue weighted by Crippen LogP contribution is 2.04. The highest BCUT2D eigenvalue weighted by Gasteiger charge is 2.00. The van der Waals surface area contributed by atoms with Gasteiger partial charge in [0, 0.05) is 18.6 Å². The minimum absolute atomic E-state index is 0.278. The molecule has 0 bridgehead atoms. The number of rotatable bonds is 2. The van der Waals surface area contributed by atoms with Crippen LogP contribution in [0.5, 0.6) is 0 Å². The third-order valence-electron chi connectivity index (χ3n) is 1.94. The van der Waals surface area contributed by atoms with E-state index in [1.165, 1.54) is 0 Å². The van der Waals surface area contributed by atoms with E-state index in [9.17, 15) is 0 Å². The van der Waals surface area contributed by atoms with Gasteiger partial charge in [-0.25, -0.2) is 15.0 Å². The Hall–Kier alpha value is -1.42. The Morgan fingerprint density at radius 1 is 1.36 bits per heavy atom. The van der Waals surface area contributed by atoms with Gasteiger partial charge in [-0.3, -0.25) is 0 Å². The molecular formula is C9H9ClN4. The predicted molar refractivity (Wildman–Crippen MR) is 53.1 cm³/mol. The Morgan fingerprint density at radius 2 is 2.21 bits per heavy atom. The Kier molecular flexibility index (Phi) is 2.45. The van der Waals surface area contributed by atoms with Crippen molar-refractivity contribution < 1.29 is 0 Å². The van der Waals surface area contributed by atoms with E-state index in [1.54, 1.807) is 12.4 Å². The first-order valence-electron chi connectivity index (χ1n) is 4.21. The number of imidazole rings is 1. The van der Waals surface area contributed by atoms with Crippen molar-refractivity contribution in [2.75, 3.05) is 0 Å². The van der Waals surface area contributed by atoms with E-state index in [4.69, 9.17) is 11.6 Å². The minimum atomic E-state index is 0.278. The van der Waals surface area contributed by atoms with Crippen molar-refractivity contribution in [3.05, 3.63) is 41.5 Å². The molecule has 0 atom stereocenters. The third kappa shape index (κ3) is 1.90. The standard InChI is InChI=1S/C9H9ClN4/c1-7-11-4-5-14(7)6-8-2-3-12-9(10)13-8/h2-5H,6H2,1H3. The van der Waals surface area contributed by atoms with Crippen LogP contribution < -0.4 is 0 Å². The van der Waals surface area contributed by atoms with Crippen molar-refractivity contribution in [3.63, 3.8) is 0 Å². The van der Waals surface area contributed by atoms with Gasteiger partial charge >= 0.3 is 0 Å². The van der Waals surface area contributed by atoms with Gasteiger partial charge in [-0.1, -0.05) is 0 Å². The van der Waals surface area contributed by atoms with E-state index in [0.29, 0.717) is 6.54 Å². The fraction of sp³-hybridized carbons (Fsp3) is 0.222. The number of hydrogen-bond donors (Lipinski definition) is 0. The molecule has 0 aliphatic heterocycles. The highest BCUT2D eigenvalue weighted by atomic mass is 35.5. The second-order valence-electron chi connectivity index (χ2n) is 2.92. The lowest BCUT2D eigenvalue weighted by Gasteiger charge is -2.03. The van der Waals surface area contributed by atoms with Crippen LogP contribution in [-0.2, 0) is 6.54 Å². The molecule has 0 fully saturated rings. The molecule has 2 aromatic rings. The fourth-order valence-corrected chi connectivity index (χ4v) is 1.37. The molecule has 0 N–H and O–H groups in total. The minimum Gasteiger partial charge on any atom is -0.329 e. The third-order valence-corrected chi connectivity index (χ3v) is 2.12. The largest absolute Gasteiger partial charge is 0.329 e. The van der Waals surface area contributed by atoms with Crippen molar-refractivity contribution >= 4 is 11.6 Å². The zero-order valence-corrected chi connectivity index (χ0v) is 8.44. The molecule has 2 aromatic heterocycles. The van der Waals surface area contributed by atoms with E-state index in [1.807, 2.05) is 23.8 Å². The Morgan fingerprint density at radius 3 is 2.86 bits per heavy atom. The molecule has 0 radical (unpaired) electrons. The monoisotopic (exact) mass is 208 g/mol. The van der Waals surface area contributed by atoms with Gasteiger partial charge in [-0.2, -0.15) is 0 Å². The molecule has 0 aromatic carbocycles. The van der Waals surface area contributed by atoms with Crippen LogP contribution in [0.1, 0.15) is 11.5 Å². The molecule has 0 saturated heterocycles. The topological polar surface area (TPSA) is 43.6 Å². The van der Waals surface area contributed by atoms with Gasteiger partial charge in [0.15, 0.2) is 0 Å². The van der Waals surface area contributed by atoms with Gasteiger partial charge in [0.25, 0.3) is 0 Å². The zero-order chi connectivity index (χ0) is 9.97. The predicted octanol–water partition coefficient (Wildman–Crippen LogP) is 1.68. The summed E-state index contributed by atoms with van der Waals surface area (Å²) in [6.07, 6.45) is 5.32. The molecule has 2 rings (SSSR count).